The van der Waals surface area contributed by atoms with E-state index in [9.17, 15) is 8.42 Å². The van der Waals surface area contributed by atoms with Gasteiger partial charge in [-0.15, -0.1) is 0 Å². The summed E-state index contributed by atoms with van der Waals surface area (Å²) in [5.74, 6) is 0. The molecule has 0 saturated carbocycles. The molecule has 0 amide bonds. The molecule has 8 heavy (non-hydrogen) atoms. The monoisotopic (exact) mass is 150 g/mol. The van der Waals surface area contributed by atoms with Crippen molar-refractivity contribution in [3.8, 4) is 0 Å². The molecule has 46 valence electrons. The van der Waals surface area contributed by atoms with Crippen molar-refractivity contribution in [1.29, 1.82) is 0 Å². The third-order valence-corrected chi connectivity index (χ3v) is 0.800. The van der Waals surface area contributed by atoms with Crippen LogP contribution in [0.5, 0.6) is 0 Å². The van der Waals surface area contributed by atoms with Gasteiger partial charge in [-0.2, -0.15) is 8.42 Å². The van der Waals surface area contributed by atoms with E-state index in [1.807, 2.05) is 0 Å². The molecule has 4 nitrogen and oxygen atoms in total. The van der Waals surface area contributed by atoms with Gasteiger partial charge in [0.15, 0.2) is 0 Å². The van der Waals surface area contributed by atoms with Crippen LogP contribution in [0.15, 0.2) is 0 Å². The zero-order chi connectivity index (χ0) is 5.91. The van der Waals surface area contributed by atoms with Gasteiger partial charge in [-0.1, -0.05) is 0 Å². The van der Waals surface area contributed by atoms with Crippen molar-refractivity contribution in [3.63, 3.8) is 0 Å². The third-order valence-electron chi connectivity index (χ3n) is 0.267. The zero-order valence-corrected chi connectivity index (χ0v) is 6.73. The first-order chi connectivity index (χ1) is 3.06. The zero-order valence-electron chi connectivity index (χ0n) is 4.49. The van der Waals surface area contributed by atoms with E-state index in [0.717, 1.165) is 0 Å². The molecule has 0 unspecified atom stereocenters. The normalized spacial score (nSPS) is 10.2. The highest BCUT2D eigenvalue weighted by Gasteiger charge is 1.98. The van der Waals surface area contributed by atoms with Crippen LogP contribution in [0.2, 0.25) is 0 Å². The minimum absolute atomic E-state index is 0. The second-order valence-electron chi connectivity index (χ2n) is 0.834. The fourth-order valence-corrected chi connectivity index (χ4v) is 0.447. The van der Waals surface area contributed by atoms with Gasteiger partial charge in [-0.25, -0.2) is 4.18 Å². The predicted molar refractivity (Wildman–Crippen MR) is 28.9 cm³/mol. The summed E-state index contributed by atoms with van der Waals surface area (Å²) in [6, 6.07) is 0. The van der Waals surface area contributed by atoms with Crippen LogP contribution in [-0.4, -0.2) is 42.6 Å². The van der Waals surface area contributed by atoms with E-state index in [0.29, 0.717) is 0 Å². The highest BCUT2D eigenvalue weighted by atomic mass is 32.3. The Kier molecular flexibility index (Phi) is 6.45. The largest absolute Gasteiger partial charge is 0.397 e. The van der Waals surface area contributed by atoms with Crippen LogP contribution in [0.25, 0.3) is 0 Å². The van der Waals surface area contributed by atoms with Crippen molar-refractivity contribution in [3.05, 3.63) is 0 Å². The summed E-state index contributed by atoms with van der Waals surface area (Å²) in [4.78, 5) is 0. The molecule has 0 bridgehead atoms. The fourth-order valence-electron chi connectivity index (χ4n) is 0.149. The summed E-state index contributed by atoms with van der Waals surface area (Å²) in [5, 5.41) is 0. The number of rotatable bonds is 2. The maximum atomic E-state index is 9.56. The Morgan fingerprint density at radius 1 is 1.62 bits per heavy atom. The molecule has 6 heteroatoms. The van der Waals surface area contributed by atoms with E-state index < -0.39 is 10.4 Å². The van der Waals surface area contributed by atoms with Crippen molar-refractivity contribution >= 4 is 33.5 Å². The Bertz CT molecular complexity index is 127. The van der Waals surface area contributed by atoms with Crippen LogP contribution in [0, 0.1) is 0 Å². The van der Waals surface area contributed by atoms with Crippen molar-refractivity contribution in [2.45, 2.75) is 6.92 Å². The van der Waals surface area contributed by atoms with Crippen LogP contribution < -0.4 is 0 Å². The lowest BCUT2D eigenvalue weighted by atomic mass is 10.9. The van der Waals surface area contributed by atoms with Gasteiger partial charge in [-0.05, 0) is 6.92 Å². The molecular formula is C2H6MgO4S. The lowest BCUT2D eigenvalue weighted by molar-refractivity contribution is 0.283. The Morgan fingerprint density at radius 2 is 2.00 bits per heavy atom. The molecule has 2 radical (unpaired) electrons. The van der Waals surface area contributed by atoms with Crippen LogP contribution in [-0.2, 0) is 14.6 Å². The lowest BCUT2D eigenvalue weighted by Crippen LogP contribution is -2.01. The summed E-state index contributed by atoms with van der Waals surface area (Å²) in [6.45, 7) is 1.44. The summed E-state index contributed by atoms with van der Waals surface area (Å²) < 4.78 is 30.7. The van der Waals surface area contributed by atoms with Gasteiger partial charge >= 0.3 is 10.4 Å². The SMILES string of the molecule is CCOS(=O)(=O)O.[Mg]. The first-order valence-electron chi connectivity index (χ1n) is 1.68. The van der Waals surface area contributed by atoms with Gasteiger partial charge in [0.1, 0.15) is 0 Å². The van der Waals surface area contributed by atoms with Crippen molar-refractivity contribution < 1.29 is 17.2 Å². The summed E-state index contributed by atoms with van der Waals surface area (Å²) >= 11 is 0. The Labute approximate surface area is 64.3 Å². The maximum absolute atomic E-state index is 9.56. The lowest BCUT2D eigenvalue weighted by Gasteiger charge is -1.88. The van der Waals surface area contributed by atoms with Crippen molar-refractivity contribution in [1.82, 2.24) is 0 Å². The highest BCUT2D eigenvalue weighted by molar-refractivity contribution is 7.80. The first-order valence-corrected chi connectivity index (χ1v) is 3.04. The van der Waals surface area contributed by atoms with Gasteiger partial charge in [0.05, 0.1) is 6.61 Å². The molecule has 0 rings (SSSR count). The van der Waals surface area contributed by atoms with Gasteiger partial charge in [0.25, 0.3) is 0 Å². The Balaban J connectivity index is 0. The van der Waals surface area contributed by atoms with E-state index in [1.165, 1.54) is 6.92 Å². The van der Waals surface area contributed by atoms with Gasteiger partial charge < -0.3 is 0 Å². The highest BCUT2D eigenvalue weighted by Crippen LogP contribution is 1.81. The third kappa shape index (κ3) is 9.81. The van der Waals surface area contributed by atoms with Crippen molar-refractivity contribution in [2.24, 2.45) is 0 Å². The molecule has 0 aromatic rings. The molecule has 0 aliphatic heterocycles. The molecule has 0 spiro atoms. The molecule has 0 aliphatic rings. The molecule has 0 aliphatic carbocycles. The molecule has 0 heterocycles. The van der Waals surface area contributed by atoms with Crippen molar-refractivity contribution in [2.75, 3.05) is 6.61 Å². The molecule has 0 fully saturated rings. The predicted octanol–water partition coefficient (Wildman–Crippen LogP) is -0.555. The van der Waals surface area contributed by atoms with Gasteiger partial charge in [0.2, 0.25) is 0 Å². The van der Waals surface area contributed by atoms with Crippen LogP contribution in [0.4, 0.5) is 0 Å². The average Bonchev–Trinajstić information content (AvgIpc) is 1.30. The van der Waals surface area contributed by atoms with E-state index in [-0.39, 0.29) is 29.7 Å². The van der Waals surface area contributed by atoms with Gasteiger partial charge in [-0.3, -0.25) is 4.55 Å². The molecule has 0 atom stereocenters. The van der Waals surface area contributed by atoms with Gasteiger partial charge in [0, 0.05) is 23.1 Å². The Hall–Kier alpha value is 0.636. The second-order valence-corrected chi connectivity index (χ2v) is 1.93. The van der Waals surface area contributed by atoms with E-state index in [2.05, 4.69) is 4.18 Å². The molecular weight excluding hydrogens is 144 g/mol. The van der Waals surface area contributed by atoms with E-state index >= 15 is 0 Å². The van der Waals surface area contributed by atoms with E-state index in [4.69, 9.17) is 4.55 Å². The molecule has 0 aromatic carbocycles. The second kappa shape index (κ2) is 4.51. The summed E-state index contributed by atoms with van der Waals surface area (Å²) in [5.41, 5.74) is 0. The average molecular weight is 150 g/mol. The quantitative estimate of drug-likeness (QED) is 0.424. The fraction of sp³-hybridized carbons (Fsp3) is 1.00. The topological polar surface area (TPSA) is 63.6 Å². The molecule has 1 N–H and O–H groups in total. The smallest absolute Gasteiger partial charge is 0.264 e. The minimum Gasteiger partial charge on any atom is -0.264 e. The first kappa shape index (κ1) is 11.4. The standard InChI is InChI=1S/C2H6O4S.Mg/c1-2-6-7(3,4)5;/h2H2,1H3,(H,3,4,5);. The van der Waals surface area contributed by atoms with Crippen LogP contribution in [0.1, 0.15) is 6.92 Å². The summed E-state index contributed by atoms with van der Waals surface area (Å²) in [7, 11) is -4.17. The number of hydrogen-bond donors (Lipinski definition) is 1. The minimum atomic E-state index is -4.17. The molecule has 0 aromatic heterocycles. The number of hydrogen-bond acceptors (Lipinski definition) is 3. The Morgan fingerprint density at radius 3 is 2.00 bits per heavy atom. The van der Waals surface area contributed by atoms with Crippen LogP contribution in [0.3, 0.4) is 0 Å². The van der Waals surface area contributed by atoms with Crippen LogP contribution >= 0.6 is 0 Å². The summed E-state index contributed by atoms with van der Waals surface area (Å²) in [6.07, 6.45) is 0. The maximum Gasteiger partial charge on any atom is 0.397 e. The van der Waals surface area contributed by atoms with E-state index in [1.54, 1.807) is 0 Å². The molecule has 0 saturated heterocycles.